The minimum Gasteiger partial charge on any atom is -0.496 e. The van der Waals surface area contributed by atoms with Gasteiger partial charge in [-0.2, -0.15) is 0 Å². The van der Waals surface area contributed by atoms with Crippen molar-refractivity contribution >= 4 is 16.8 Å². The number of aryl methyl sites for hydroxylation is 1. The van der Waals surface area contributed by atoms with Crippen molar-refractivity contribution in [3.05, 3.63) is 34.7 Å². The highest BCUT2D eigenvalue weighted by atomic mass is 32.2. The first-order valence-corrected chi connectivity index (χ1v) is 6.92. The minimum absolute atomic E-state index is 0.616. The second-order valence-corrected chi connectivity index (χ2v) is 5.29. The average molecular weight is 267 g/mol. The van der Waals surface area contributed by atoms with Crippen molar-refractivity contribution in [3.63, 3.8) is 0 Å². The minimum atomic E-state index is -1.82. The van der Waals surface area contributed by atoms with E-state index < -0.39 is 11.1 Å². The van der Waals surface area contributed by atoms with E-state index in [0.29, 0.717) is 17.9 Å². The first-order valence-electron chi connectivity index (χ1n) is 5.81. The van der Waals surface area contributed by atoms with Crippen LogP contribution in [0.15, 0.2) is 29.2 Å². The summed E-state index contributed by atoms with van der Waals surface area (Å²) >= 11 is -1.82. The molecule has 0 aromatic heterocycles. The molecule has 1 heterocycles. The summed E-state index contributed by atoms with van der Waals surface area (Å²) in [4.78, 5) is 2.78. The van der Waals surface area contributed by atoms with Crippen LogP contribution >= 0.6 is 0 Å². The molecule has 1 unspecified atom stereocenters. The summed E-state index contributed by atoms with van der Waals surface area (Å²) in [7, 11) is 1.66. The molecule has 1 aromatic rings. The van der Waals surface area contributed by atoms with Crippen molar-refractivity contribution in [2.24, 2.45) is 0 Å². The van der Waals surface area contributed by atoms with Crippen LogP contribution in [0.3, 0.4) is 0 Å². The summed E-state index contributed by atoms with van der Waals surface area (Å²) in [5.74, 6) is 0.869. The average Bonchev–Trinajstić information content (AvgIpc) is 2.39. The molecule has 0 radical (unpaired) electrons. The van der Waals surface area contributed by atoms with Crippen molar-refractivity contribution in [2.75, 3.05) is 25.1 Å². The largest absolute Gasteiger partial charge is 0.496 e. The molecule has 0 fully saturated rings. The fourth-order valence-electron chi connectivity index (χ4n) is 2.05. The van der Waals surface area contributed by atoms with E-state index in [1.54, 1.807) is 7.11 Å². The van der Waals surface area contributed by atoms with Gasteiger partial charge in [-0.25, -0.2) is 4.21 Å². The van der Waals surface area contributed by atoms with Gasteiger partial charge in [-0.05, 0) is 18.6 Å². The van der Waals surface area contributed by atoms with E-state index in [1.807, 2.05) is 31.2 Å². The maximum absolute atomic E-state index is 10.9. The van der Waals surface area contributed by atoms with Gasteiger partial charge in [0.2, 0.25) is 0 Å². The van der Waals surface area contributed by atoms with Crippen LogP contribution in [0.1, 0.15) is 12.0 Å². The number of methoxy groups -OCH3 is 1. The van der Waals surface area contributed by atoms with Crippen molar-refractivity contribution in [2.45, 2.75) is 13.3 Å². The Kier molecular flexibility index (Phi) is 4.04. The number of hydrogen-bond donors (Lipinski definition) is 1. The lowest BCUT2D eigenvalue weighted by atomic mass is 10.1. The van der Waals surface area contributed by atoms with E-state index in [4.69, 9.17) is 9.29 Å². The molecule has 1 aliphatic rings. The lowest BCUT2D eigenvalue weighted by molar-refractivity contribution is 0.411. The van der Waals surface area contributed by atoms with Crippen molar-refractivity contribution in [3.8, 4) is 5.75 Å². The van der Waals surface area contributed by atoms with Gasteiger partial charge in [0.1, 0.15) is 5.75 Å². The van der Waals surface area contributed by atoms with Crippen LogP contribution in [0.25, 0.3) is 0 Å². The molecule has 2 rings (SSSR count). The Morgan fingerprint density at radius 2 is 2.22 bits per heavy atom. The van der Waals surface area contributed by atoms with Gasteiger partial charge in [-0.15, -0.1) is 0 Å². The Balaban J connectivity index is 2.17. The monoisotopic (exact) mass is 267 g/mol. The standard InChI is InChI=1S/C13H17NO3S/c1-10-3-4-11(9-13(10)17-2)14-7-5-12(6-8-14)18(15)16/h3-5,9H,6-8H2,1-2H3,(H,15,16). The molecule has 0 amide bonds. The Morgan fingerprint density at radius 1 is 1.44 bits per heavy atom. The second kappa shape index (κ2) is 5.54. The Morgan fingerprint density at radius 3 is 2.78 bits per heavy atom. The van der Waals surface area contributed by atoms with Crippen LogP contribution in [0.4, 0.5) is 5.69 Å². The molecule has 1 aromatic carbocycles. The van der Waals surface area contributed by atoms with Gasteiger partial charge in [-0.1, -0.05) is 12.1 Å². The van der Waals surface area contributed by atoms with Crippen molar-refractivity contribution in [1.82, 2.24) is 0 Å². The predicted octanol–water partition coefficient (Wildman–Crippen LogP) is 2.32. The molecule has 0 bridgehead atoms. The SMILES string of the molecule is COc1cc(N2CC=C(S(=O)O)CC2)ccc1C. The maximum Gasteiger partial charge on any atom is 0.182 e. The fraction of sp³-hybridized carbons (Fsp3) is 0.385. The molecule has 0 spiro atoms. The molecule has 0 saturated carbocycles. The zero-order valence-electron chi connectivity index (χ0n) is 10.5. The summed E-state index contributed by atoms with van der Waals surface area (Å²) in [6.07, 6.45) is 2.45. The van der Waals surface area contributed by atoms with Gasteiger partial charge in [0, 0.05) is 36.2 Å². The van der Waals surface area contributed by atoms with Crippen LogP contribution in [0.5, 0.6) is 5.75 Å². The zero-order valence-corrected chi connectivity index (χ0v) is 11.4. The summed E-state index contributed by atoms with van der Waals surface area (Å²) in [6, 6.07) is 6.08. The van der Waals surface area contributed by atoms with Crippen LogP contribution < -0.4 is 9.64 Å². The van der Waals surface area contributed by atoms with Crippen molar-refractivity contribution in [1.29, 1.82) is 0 Å². The van der Waals surface area contributed by atoms with Crippen molar-refractivity contribution < 1.29 is 13.5 Å². The molecule has 18 heavy (non-hydrogen) atoms. The summed E-state index contributed by atoms with van der Waals surface area (Å²) in [5.41, 5.74) is 2.18. The molecule has 1 N–H and O–H groups in total. The first kappa shape index (κ1) is 13.1. The third-order valence-corrected chi connectivity index (χ3v) is 3.97. The summed E-state index contributed by atoms with van der Waals surface area (Å²) in [6.45, 7) is 3.42. The van der Waals surface area contributed by atoms with Gasteiger partial charge >= 0.3 is 0 Å². The normalized spacial score (nSPS) is 17.3. The number of anilines is 1. The van der Waals surface area contributed by atoms with Crippen LogP contribution in [0, 0.1) is 6.92 Å². The van der Waals surface area contributed by atoms with E-state index in [-0.39, 0.29) is 0 Å². The molecule has 98 valence electrons. The lowest BCUT2D eigenvalue weighted by Crippen LogP contribution is -2.29. The second-order valence-electron chi connectivity index (χ2n) is 4.27. The number of ether oxygens (including phenoxy) is 1. The van der Waals surface area contributed by atoms with Gasteiger partial charge in [0.15, 0.2) is 11.1 Å². The number of benzene rings is 1. The number of nitrogens with zero attached hydrogens (tertiary/aromatic N) is 1. The molecular formula is C13H17NO3S. The maximum atomic E-state index is 10.9. The topological polar surface area (TPSA) is 49.8 Å². The van der Waals surface area contributed by atoms with E-state index in [9.17, 15) is 4.21 Å². The van der Waals surface area contributed by atoms with Crippen LogP contribution in [-0.2, 0) is 11.1 Å². The molecule has 1 atom stereocenters. The smallest absolute Gasteiger partial charge is 0.182 e. The molecule has 0 saturated heterocycles. The van der Waals surface area contributed by atoms with Gasteiger partial charge < -0.3 is 14.2 Å². The number of rotatable bonds is 3. The highest BCUT2D eigenvalue weighted by Crippen LogP contribution is 2.27. The molecule has 5 heteroatoms. The fourth-order valence-corrected chi connectivity index (χ4v) is 2.53. The zero-order chi connectivity index (χ0) is 13.1. The first-order chi connectivity index (χ1) is 8.61. The third-order valence-electron chi connectivity index (χ3n) is 3.15. The Bertz CT molecular complexity index is 499. The highest BCUT2D eigenvalue weighted by Gasteiger charge is 2.16. The van der Waals surface area contributed by atoms with Crippen LogP contribution in [0.2, 0.25) is 0 Å². The van der Waals surface area contributed by atoms with Gasteiger partial charge in [0.25, 0.3) is 0 Å². The van der Waals surface area contributed by atoms with E-state index in [1.165, 1.54) is 0 Å². The predicted molar refractivity (Wildman–Crippen MR) is 73.4 cm³/mol. The quantitative estimate of drug-likeness (QED) is 0.854. The third kappa shape index (κ3) is 2.73. The van der Waals surface area contributed by atoms with Crippen LogP contribution in [-0.4, -0.2) is 29.0 Å². The molecule has 1 aliphatic heterocycles. The number of hydrogen-bond acceptors (Lipinski definition) is 3. The lowest BCUT2D eigenvalue weighted by Gasteiger charge is -2.28. The Labute approximate surface area is 110 Å². The molecule has 0 aliphatic carbocycles. The van der Waals surface area contributed by atoms with Gasteiger partial charge in [0.05, 0.1) is 7.11 Å². The van der Waals surface area contributed by atoms with Gasteiger partial charge in [-0.3, -0.25) is 0 Å². The Hall–Kier alpha value is -1.33. The van der Waals surface area contributed by atoms with E-state index in [2.05, 4.69) is 4.90 Å². The summed E-state index contributed by atoms with van der Waals surface area (Å²) < 4.78 is 25.3. The molecule has 4 nitrogen and oxygen atoms in total. The van der Waals surface area contributed by atoms with E-state index >= 15 is 0 Å². The summed E-state index contributed by atoms with van der Waals surface area (Å²) in [5, 5.41) is 0. The highest BCUT2D eigenvalue weighted by molar-refractivity contribution is 7.83. The van der Waals surface area contributed by atoms with E-state index in [0.717, 1.165) is 23.5 Å². The molecular weight excluding hydrogens is 250 g/mol.